The van der Waals surface area contributed by atoms with Crippen molar-refractivity contribution in [2.24, 2.45) is 0 Å². The van der Waals surface area contributed by atoms with Gasteiger partial charge in [-0.15, -0.1) is 6.58 Å². The summed E-state index contributed by atoms with van der Waals surface area (Å²) in [4.78, 5) is 16.7. The van der Waals surface area contributed by atoms with Gasteiger partial charge in [-0.3, -0.25) is 0 Å². The molecule has 2 heterocycles. The summed E-state index contributed by atoms with van der Waals surface area (Å²) in [5, 5.41) is 0. The summed E-state index contributed by atoms with van der Waals surface area (Å²) in [6.07, 6.45) is 5.54. The molecule has 3 rings (SSSR count). The number of imidazole rings is 1. The summed E-state index contributed by atoms with van der Waals surface area (Å²) in [5.41, 5.74) is 0.966. The Morgan fingerprint density at radius 1 is 1.48 bits per heavy atom. The molecule has 1 saturated heterocycles. The van der Waals surface area contributed by atoms with Crippen molar-refractivity contribution >= 4 is 5.97 Å². The molecule has 1 aliphatic rings. The summed E-state index contributed by atoms with van der Waals surface area (Å²) in [6, 6.07) is 9.97. The fourth-order valence-electron chi connectivity index (χ4n) is 2.72. The van der Waals surface area contributed by atoms with Gasteiger partial charge < -0.3 is 14.0 Å². The van der Waals surface area contributed by atoms with Crippen molar-refractivity contribution < 1.29 is 14.3 Å². The van der Waals surface area contributed by atoms with E-state index in [9.17, 15) is 4.79 Å². The number of esters is 1. The van der Waals surface area contributed by atoms with Crippen LogP contribution in [-0.2, 0) is 9.47 Å². The van der Waals surface area contributed by atoms with E-state index < -0.39 is 5.60 Å². The van der Waals surface area contributed by atoms with Gasteiger partial charge >= 0.3 is 5.97 Å². The number of carbonyl (C=O) groups is 1. The lowest BCUT2D eigenvalue weighted by molar-refractivity contribution is -0.178. The van der Waals surface area contributed by atoms with Gasteiger partial charge in [0.1, 0.15) is 5.69 Å². The van der Waals surface area contributed by atoms with E-state index in [-0.39, 0.29) is 12.0 Å². The predicted octanol–water partition coefficient (Wildman–Crippen LogP) is 2.99. The van der Waals surface area contributed by atoms with Crippen molar-refractivity contribution in [3.05, 3.63) is 66.8 Å². The summed E-state index contributed by atoms with van der Waals surface area (Å²) in [5.74, 6) is -0.379. The zero-order valence-corrected chi connectivity index (χ0v) is 13.1. The van der Waals surface area contributed by atoms with E-state index in [0.717, 1.165) is 5.56 Å². The standard InChI is InChI=1S/C18H20N2O3/c1-3-9-18(11-22-12-18)23-17(21)16-10-19-13-20(16)14(2)15-7-5-4-6-8-15/h3-8,10,13-14H,1,9,11-12H2,2H3. The Balaban J connectivity index is 1.80. The average molecular weight is 312 g/mol. The van der Waals surface area contributed by atoms with Gasteiger partial charge in [-0.1, -0.05) is 36.4 Å². The SMILES string of the molecule is C=CCC1(OC(=O)c2cncn2C(C)c2ccccc2)COC1. The zero-order chi connectivity index (χ0) is 16.3. The largest absolute Gasteiger partial charge is 0.449 e. The van der Waals surface area contributed by atoms with Crippen LogP contribution in [0.2, 0.25) is 0 Å². The molecule has 1 atom stereocenters. The quantitative estimate of drug-likeness (QED) is 0.608. The molecule has 1 aromatic carbocycles. The third kappa shape index (κ3) is 3.05. The molecule has 2 aromatic rings. The maximum Gasteiger partial charge on any atom is 0.357 e. The topological polar surface area (TPSA) is 53.3 Å². The molecule has 0 amide bonds. The predicted molar refractivity (Wildman–Crippen MR) is 86.3 cm³/mol. The molecule has 0 bridgehead atoms. The van der Waals surface area contributed by atoms with Gasteiger partial charge in [0, 0.05) is 6.42 Å². The number of nitrogens with zero attached hydrogens (tertiary/aromatic N) is 2. The number of carbonyl (C=O) groups excluding carboxylic acids is 1. The van der Waals surface area contributed by atoms with Gasteiger partial charge in [0.25, 0.3) is 0 Å². The monoisotopic (exact) mass is 312 g/mol. The minimum Gasteiger partial charge on any atom is -0.449 e. The highest BCUT2D eigenvalue weighted by Crippen LogP contribution is 2.28. The highest BCUT2D eigenvalue weighted by molar-refractivity contribution is 5.87. The van der Waals surface area contributed by atoms with Gasteiger partial charge in [-0.05, 0) is 12.5 Å². The van der Waals surface area contributed by atoms with Crippen LogP contribution in [-0.4, -0.2) is 34.3 Å². The molecular weight excluding hydrogens is 292 g/mol. The van der Waals surface area contributed by atoms with Crippen LogP contribution in [0.5, 0.6) is 0 Å². The molecule has 5 nitrogen and oxygen atoms in total. The molecule has 0 radical (unpaired) electrons. The Morgan fingerprint density at radius 2 is 2.22 bits per heavy atom. The molecule has 120 valence electrons. The zero-order valence-electron chi connectivity index (χ0n) is 13.1. The normalized spacial score (nSPS) is 17.1. The molecule has 0 N–H and O–H groups in total. The van der Waals surface area contributed by atoms with E-state index in [4.69, 9.17) is 9.47 Å². The fraction of sp³-hybridized carbons (Fsp3) is 0.333. The number of aromatic nitrogens is 2. The van der Waals surface area contributed by atoms with Crippen LogP contribution in [0, 0.1) is 0 Å². The highest BCUT2D eigenvalue weighted by Gasteiger charge is 2.42. The molecule has 5 heteroatoms. The summed E-state index contributed by atoms with van der Waals surface area (Å²) >= 11 is 0. The van der Waals surface area contributed by atoms with Crippen LogP contribution in [0.3, 0.4) is 0 Å². The first-order chi connectivity index (χ1) is 11.2. The Morgan fingerprint density at radius 3 is 2.83 bits per heavy atom. The number of hydrogen-bond donors (Lipinski definition) is 0. The van der Waals surface area contributed by atoms with E-state index in [2.05, 4.69) is 11.6 Å². The van der Waals surface area contributed by atoms with Crippen LogP contribution in [0.1, 0.15) is 35.4 Å². The molecule has 0 saturated carbocycles. The lowest BCUT2D eigenvalue weighted by atomic mass is 9.97. The summed E-state index contributed by atoms with van der Waals surface area (Å²) < 4.78 is 12.7. The summed E-state index contributed by atoms with van der Waals surface area (Å²) in [7, 11) is 0. The Kier molecular flexibility index (Phi) is 4.30. The second kappa shape index (κ2) is 6.38. The summed E-state index contributed by atoms with van der Waals surface area (Å²) in [6.45, 7) is 6.57. The Bertz CT molecular complexity index is 689. The third-order valence-corrected chi connectivity index (χ3v) is 4.13. The molecule has 1 fully saturated rings. The Labute approximate surface area is 135 Å². The smallest absolute Gasteiger partial charge is 0.357 e. The van der Waals surface area contributed by atoms with Gasteiger partial charge in [0.2, 0.25) is 0 Å². The highest BCUT2D eigenvalue weighted by atomic mass is 16.6. The van der Waals surface area contributed by atoms with E-state index in [1.807, 2.05) is 41.8 Å². The van der Waals surface area contributed by atoms with Crippen molar-refractivity contribution in [3.63, 3.8) is 0 Å². The first-order valence-corrected chi connectivity index (χ1v) is 7.64. The first-order valence-electron chi connectivity index (χ1n) is 7.64. The van der Waals surface area contributed by atoms with E-state index >= 15 is 0 Å². The molecule has 1 aromatic heterocycles. The van der Waals surface area contributed by atoms with Crippen molar-refractivity contribution in [2.45, 2.75) is 25.0 Å². The second-order valence-corrected chi connectivity index (χ2v) is 5.83. The minimum absolute atomic E-state index is 0.00533. The van der Waals surface area contributed by atoms with Crippen molar-refractivity contribution in [1.29, 1.82) is 0 Å². The molecule has 1 aliphatic heterocycles. The van der Waals surface area contributed by atoms with Crippen LogP contribution < -0.4 is 0 Å². The van der Waals surface area contributed by atoms with Gasteiger partial charge in [0.15, 0.2) is 5.60 Å². The lowest BCUT2D eigenvalue weighted by Crippen LogP contribution is -2.52. The third-order valence-electron chi connectivity index (χ3n) is 4.13. The molecule has 23 heavy (non-hydrogen) atoms. The van der Waals surface area contributed by atoms with Crippen LogP contribution in [0.15, 0.2) is 55.5 Å². The molecular formula is C18H20N2O3. The minimum atomic E-state index is -0.579. The van der Waals surface area contributed by atoms with Crippen molar-refractivity contribution in [1.82, 2.24) is 9.55 Å². The van der Waals surface area contributed by atoms with E-state index in [1.165, 1.54) is 0 Å². The number of hydrogen-bond acceptors (Lipinski definition) is 4. The van der Waals surface area contributed by atoms with Gasteiger partial charge in [-0.25, -0.2) is 9.78 Å². The second-order valence-electron chi connectivity index (χ2n) is 5.83. The lowest BCUT2D eigenvalue weighted by Gasteiger charge is -2.39. The number of ether oxygens (including phenoxy) is 2. The maximum absolute atomic E-state index is 12.6. The maximum atomic E-state index is 12.6. The molecule has 1 unspecified atom stereocenters. The number of benzene rings is 1. The van der Waals surface area contributed by atoms with Gasteiger partial charge in [0.05, 0.1) is 31.8 Å². The Hall–Kier alpha value is -2.40. The van der Waals surface area contributed by atoms with Crippen LogP contribution in [0.4, 0.5) is 0 Å². The van der Waals surface area contributed by atoms with Crippen molar-refractivity contribution in [3.8, 4) is 0 Å². The van der Waals surface area contributed by atoms with Crippen molar-refractivity contribution in [2.75, 3.05) is 13.2 Å². The van der Waals surface area contributed by atoms with E-state index in [0.29, 0.717) is 25.3 Å². The van der Waals surface area contributed by atoms with Crippen LogP contribution in [0.25, 0.3) is 0 Å². The molecule has 0 spiro atoms. The van der Waals surface area contributed by atoms with Crippen LogP contribution >= 0.6 is 0 Å². The fourth-order valence-corrected chi connectivity index (χ4v) is 2.72. The molecule has 0 aliphatic carbocycles. The average Bonchev–Trinajstić information content (AvgIpc) is 3.02. The van der Waals surface area contributed by atoms with E-state index in [1.54, 1.807) is 18.6 Å². The number of rotatable bonds is 6. The first kappa shape index (κ1) is 15.5. The van der Waals surface area contributed by atoms with Gasteiger partial charge in [-0.2, -0.15) is 0 Å².